The summed E-state index contributed by atoms with van der Waals surface area (Å²) in [5, 5.41) is 3.08. The van der Waals surface area contributed by atoms with Gasteiger partial charge >= 0.3 is 0 Å². The van der Waals surface area contributed by atoms with E-state index in [1.807, 2.05) is 26.0 Å². The van der Waals surface area contributed by atoms with Crippen molar-refractivity contribution < 1.29 is 17.9 Å². The van der Waals surface area contributed by atoms with Crippen LogP contribution in [-0.4, -0.2) is 28.0 Å². The molecule has 3 aromatic rings. The number of nitrogens with zero attached hydrogens (tertiary/aromatic N) is 1. The van der Waals surface area contributed by atoms with Crippen LogP contribution in [0.2, 0.25) is 0 Å². The predicted octanol–water partition coefficient (Wildman–Crippen LogP) is 6.11. The lowest BCUT2D eigenvalue weighted by molar-refractivity contribution is -0.120. The molecule has 0 saturated carbocycles. The SMILES string of the molecule is CCC(NC(=O)CN(c1ccc(C)cc1)S(=O)(=O)c1ccc(OC)c(Br)c1)c1ccc2c(c1)CCCC2. The molecule has 1 aliphatic carbocycles. The maximum atomic E-state index is 13.8. The van der Waals surface area contributed by atoms with Gasteiger partial charge in [-0.2, -0.15) is 0 Å². The second kappa shape index (κ2) is 11.7. The fraction of sp³-hybridized carbons (Fsp3) is 0.345. The van der Waals surface area contributed by atoms with E-state index in [0.717, 1.165) is 28.3 Å². The van der Waals surface area contributed by atoms with E-state index in [4.69, 9.17) is 4.74 Å². The first-order valence-electron chi connectivity index (χ1n) is 12.6. The zero-order chi connectivity index (χ0) is 26.6. The van der Waals surface area contributed by atoms with Gasteiger partial charge in [-0.3, -0.25) is 9.10 Å². The lowest BCUT2D eigenvalue weighted by atomic mass is 9.89. The summed E-state index contributed by atoms with van der Waals surface area (Å²) in [5.41, 5.74) is 5.22. The molecule has 1 amide bonds. The maximum absolute atomic E-state index is 13.8. The number of amides is 1. The fourth-order valence-corrected chi connectivity index (χ4v) is 6.86. The number of halogens is 1. The molecule has 196 valence electrons. The van der Waals surface area contributed by atoms with Crippen LogP contribution in [0.15, 0.2) is 70.0 Å². The Labute approximate surface area is 228 Å². The van der Waals surface area contributed by atoms with E-state index < -0.39 is 10.0 Å². The number of rotatable bonds is 9. The van der Waals surface area contributed by atoms with E-state index in [2.05, 4.69) is 39.4 Å². The summed E-state index contributed by atoms with van der Waals surface area (Å²) in [6.45, 7) is 3.62. The minimum Gasteiger partial charge on any atom is -0.496 e. The highest BCUT2D eigenvalue weighted by molar-refractivity contribution is 9.10. The molecule has 1 N–H and O–H groups in total. The highest BCUT2D eigenvalue weighted by Gasteiger charge is 2.29. The average molecular weight is 586 g/mol. The Hall–Kier alpha value is -2.84. The number of methoxy groups -OCH3 is 1. The molecular formula is C29H33BrN2O4S. The van der Waals surface area contributed by atoms with Crippen LogP contribution in [-0.2, 0) is 27.7 Å². The topological polar surface area (TPSA) is 75.7 Å². The standard InChI is InChI=1S/C29H33BrN2O4S/c1-4-27(23-12-11-21-7-5-6-8-22(21)17-23)31-29(33)19-32(24-13-9-20(2)10-14-24)37(34,35)25-15-16-28(36-3)26(30)18-25/h9-18,27H,4-8,19H2,1-3H3,(H,31,33). The van der Waals surface area contributed by atoms with Crippen LogP contribution in [0.25, 0.3) is 0 Å². The number of carbonyl (C=O) groups excluding carboxylic acids is 1. The van der Waals surface area contributed by atoms with E-state index in [0.29, 0.717) is 22.3 Å². The summed E-state index contributed by atoms with van der Waals surface area (Å²) >= 11 is 3.37. The van der Waals surface area contributed by atoms with Gasteiger partial charge in [-0.15, -0.1) is 0 Å². The third-order valence-electron chi connectivity index (χ3n) is 6.84. The molecule has 8 heteroatoms. The Kier molecular flexibility index (Phi) is 8.60. The third kappa shape index (κ3) is 6.18. The van der Waals surface area contributed by atoms with Gasteiger partial charge in [-0.05, 0) is 102 Å². The molecule has 0 radical (unpaired) electrons. The molecule has 0 heterocycles. The number of nitrogens with one attached hydrogen (secondary N) is 1. The number of benzene rings is 3. The molecule has 0 fully saturated rings. The van der Waals surface area contributed by atoms with Crippen LogP contribution in [0.1, 0.15) is 54.5 Å². The van der Waals surface area contributed by atoms with Gasteiger partial charge in [0.15, 0.2) is 0 Å². The number of sulfonamides is 1. The van der Waals surface area contributed by atoms with Crippen LogP contribution in [0.4, 0.5) is 5.69 Å². The van der Waals surface area contributed by atoms with Gasteiger partial charge in [0.05, 0.1) is 28.2 Å². The van der Waals surface area contributed by atoms with E-state index in [9.17, 15) is 13.2 Å². The molecule has 1 unspecified atom stereocenters. The number of hydrogen-bond donors (Lipinski definition) is 1. The molecule has 1 aliphatic rings. The van der Waals surface area contributed by atoms with E-state index >= 15 is 0 Å². The van der Waals surface area contributed by atoms with Crippen molar-refractivity contribution in [2.45, 2.75) is 56.9 Å². The summed E-state index contributed by atoms with van der Waals surface area (Å²) in [6, 6.07) is 17.9. The molecule has 0 saturated heterocycles. The van der Waals surface area contributed by atoms with Crippen molar-refractivity contribution in [3.05, 3.63) is 87.4 Å². The van der Waals surface area contributed by atoms with Crippen molar-refractivity contribution >= 4 is 37.5 Å². The number of hydrogen-bond acceptors (Lipinski definition) is 4. The molecule has 1 atom stereocenters. The van der Waals surface area contributed by atoms with Gasteiger partial charge in [-0.25, -0.2) is 8.42 Å². The Morgan fingerprint density at radius 1 is 1.03 bits per heavy atom. The van der Waals surface area contributed by atoms with Crippen molar-refractivity contribution in [2.75, 3.05) is 18.0 Å². The number of ether oxygens (including phenoxy) is 1. The number of fused-ring (bicyclic) bond motifs is 1. The van der Waals surface area contributed by atoms with Crippen molar-refractivity contribution in [3.63, 3.8) is 0 Å². The van der Waals surface area contributed by atoms with Crippen molar-refractivity contribution in [3.8, 4) is 5.75 Å². The fourth-order valence-electron chi connectivity index (χ4n) is 4.72. The van der Waals surface area contributed by atoms with E-state index in [1.54, 1.807) is 18.2 Å². The molecule has 0 aromatic heterocycles. The van der Waals surface area contributed by atoms with Crippen molar-refractivity contribution in [1.82, 2.24) is 5.32 Å². The first-order chi connectivity index (χ1) is 17.7. The van der Waals surface area contributed by atoms with Crippen LogP contribution < -0.4 is 14.4 Å². The molecule has 37 heavy (non-hydrogen) atoms. The summed E-state index contributed by atoms with van der Waals surface area (Å²) in [4.78, 5) is 13.4. The molecule has 4 rings (SSSR count). The summed E-state index contributed by atoms with van der Waals surface area (Å²) < 4.78 is 34.5. The first kappa shape index (κ1) is 27.2. The third-order valence-corrected chi connectivity index (χ3v) is 9.23. The lowest BCUT2D eigenvalue weighted by Crippen LogP contribution is -2.42. The Bertz CT molecular complexity index is 1370. The number of carbonyl (C=O) groups is 1. The Morgan fingerprint density at radius 3 is 2.38 bits per heavy atom. The molecule has 0 spiro atoms. The zero-order valence-electron chi connectivity index (χ0n) is 21.5. The minimum absolute atomic E-state index is 0.0651. The molecule has 6 nitrogen and oxygen atoms in total. The average Bonchev–Trinajstić information content (AvgIpc) is 2.90. The van der Waals surface area contributed by atoms with Crippen LogP contribution in [0, 0.1) is 6.92 Å². The lowest BCUT2D eigenvalue weighted by Gasteiger charge is -2.26. The van der Waals surface area contributed by atoms with Gasteiger partial charge in [0, 0.05) is 0 Å². The maximum Gasteiger partial charge on any atom is 0.264 e. The van der Waals surface area contributed by atoms with Crippen LogP contribution in [0.3, 0.4) is 0 Å². The highest BCUT2D eigenvalue weighted by Crippen LogP contribution is 2.31. The number of anilines is 1. The Balaban J connectivity index is 1.61. The summed E-state index contributed by atoms with van der Waals surface area (Å²) in [7, 11) is -2.52. The van der Waals surface area contributed by atoms with Gasteiger partial charge in [0.1, 0.15) is 12.3 Å². The van der Waals surface area contributed by atoms with Gasteiger partial charge in [-0.1, -0.05) is 42.8 Å². The highest BCUT2D eigenvalue weighted by atomic mass is 79.9. The van der Waals surface area contributed by atoms with E-state index in [1.165, 1.54) is 43.2 Å². The van der Waals surface area contributed by atoms with Crippen LogP contribution >= 0.6 is 15.9 Å². The normalized spacial score (nSPS) is 13.9. The van der Waals surface area contributed by atoms with Crippen molar-refractivity contribution in [2.24, 2.45) is 0 Å². The second-order valence-corrected chi connectivity index (χ2v) is 12.1. The molecular weight excluding hydrogens is 552 g/mol. The largest absolute Gasteiger partial charge is 0.496 e. The minimum atomic E-state index is -4.04. The van der Waals surface area contributed by atoms with Gasteiger partial charge in [0.25, 0.3) is 10.0 Å². The number of aryl methyl sites for hydroxylation is 3. The predicted molar refractivity (Wildman–Crippen MR) is 151 cm³/mol. The Morgan fingerprint density at radius 2 is 1.73 bits per heavy atom. The second-order valence-electron chi connectivity index (χ2n) is 9.41. The van der Waals surface area contributed by atoms with E-state index in [-0.39, 0.29) is 23.4 Å². The molecule has 0 aliphatic heterocycles. The quantitative estimate of drug-likeness (QED) is 0.329. The van der Waals surface area contributed by atoms with Gasteiger partial charge < -0.3 is 10.1 Å². The zero-order valence-corrected chi connectivity index (χ0v) is 23.9. The van der Waals surface area contributed by atoms with Crippen molar-refractivity contribution in [1.29, 1.82) is 0 Å². The molecule has 3 aromatic carbocycles. The molecule has 0 bridgehead atoms. The summed E-state index contributed by atoms with van der Waals surface area (Å²) in [6.07, 6.45) is 5.26. The van der Waals surface area contributed by atoms with Gasteiger partial charge in [0.2, 0.25) is 5.91 Å². The smallest absolute Gasteiger partial charge is 0.264 e. The summed E-state index contributed by atoms with van der Waals surface area (Å²) in [5.74, 6) is 0.163. The van der Waals surface area contributed by atoms with Crippen LogP contribution in [0.5, 0.6) is 5.75 Å². The monoisotopic (exact) mass is 584 g/mol. The first-order valence-corrected chi connectivity index (χ1v) is 14.8.